The van der Waals surface area contributed by atoms with E-state index in [0.717, 1.165) is 44.9 Å². The predicted octanol–water partition coefficient (Wildman–Crippen LogP) is 14.0. The Hall–Kier alpha value is -1.56. The van der Waals surface area contributed by atoms with Gasteiger partial charge in [0, 0.05) is 0 Å². The smallest absolute Gasteiger partial charge is 0.0141 e. The van der Waals surface area contributed by atoms with Crippen LogP contribution in [0.2, 0.25) is 0 Å². The standard InChI is InChI=1S/C39H68/c1-7-10-13-15-17-19-21-23-26-29-37(5)32-34-39(33-31-36(4)28-25-12-9-3)35-38(6)30-27-24-22-20-18-16-14-11-8-2/h12,23-27,39H,4-11,13-22,28-35H2,1-3H3/b25-12-,26-23-,27-24-. The molecule has 0 saturated carbocycles. The van der Waals surface area contributed by atoms with E-state index in [2.05, 4.69) is 77.0 Å². The van der Waals surface area contributed by atoms with E-state index in [4.69, 9.17) is 0 Å². The van der Waals surface area contributed by atoms with Gasteiger partial charge in [-0.05, 0) is 89.4 Å². The Bertz CT molecular complexity index is 670. The van der Waals surface area contributed by atoms with Crippen molar-refractivity contribution >= 4 is 0 Å². The van der Waals surface area contributed by atoms with E-state index in [0.29, 0.717) is 5.92 Å². The second kappa shape index (κ2) is 29.4. The monoisotopic (exact) mass is 537 g/mol. The molecule has 0 aromatic carbocycles. The number of hydrogen-bond donors (Lipinski definition) is 0. The summed E-state index contributed by atoms with van der Waals surface area (Å²) in [7, 11) is 0. The lowest BCUT2D eigenvalue weighted by molar-refractivity contribution is 0.442. The van der Waals surface area contributed by atoms with Gasteiger partial charge in [0.05, 0.1) is 0 Å². The molecule has 0 bridgehead atoms. The van der Waals surface area contributed by atoms with E-state index in [-0.39, 0.29) is 0 Å². The van der Waals surface area contributed by atoms with Crippen molar-refractivity contribution in [3.8, 4) is 0 Å². The Balaban J connectivity index is 4.45. The lowest BCUT2D eigenvalue weighted by atomic mass is 9.87. The van der Waals surface area contributed by atoms with Crippen LogP contribution in [0.3, 0.4) is 0 Å². The zero-order valence-electron chi connectivity index (χ0n) is 26.9. The molecule has 1 unspecified atom stereocenters. The first-order valence-electron chi connectivity index (χ1n) is 17.0. The first kappa shape index (κ1) is 37.4. The molecule has 0 aromatic heterocycles. The van der Waals surface area contributed by atoms with Crippen LogP contribution in [0.25, 0.3) is 0 Å². The topological polar surface area (TPSA) is 0 Å². The zero-order valence-corrected chi connectivity index (χ0v) is 26.9. The van der Waals surface area contributed by atoms with Crippen LogP contribution in [-0.4, -0.2) is 0 Å². The quantitative estimate of drug-likeness (QED) is 0.0658. The maximum Gasteiger partial charge on any atom is -0.0141 e. The van der Waals surface area contributed by atoms with Gasteiger partial charge in [-0.1, -0.05) is 158 Å². The molecule has 0 fully saturated rings. The van der Waals surface area contributed by atoms with Crippen LogP contribution in [0.1, 0.15) is 168 Å². The van der Waals surface area contributed by atoms with Gasteiger partial charge in [0.15, 0.2) is 0 Å². The Morgan fingerprint density at radius 3 is 1.36 bits per heavy atom. The second-order valence-corrected chi connectivity index (χ2v) is 11.9. The Kier molecular flexibility index (Phi) is 28.2. The molecule has 0 aliphatic carbocycles. The molecule has 0 aliphatic rings. The van der Waals surface area contributed by atoms with Gasteiger partial charge in [0.2, 0.25) is 0 Å². The second-order valence-electron chi connectivity index (χ2n) is 11.9. The van der Waals surface area contributed by atoms with E-state index in [1.54, 1.807) is 0 Å². The highest BCUT2D eigenvalue weighted by molar-refractivity contribution is 5.07. The largest absolute Gasteiger partial charge is 0.0995 e. The van der Waals surface area contributed by atoms with Crippen molar-refractivity contribution in [2.45, 2.75) is 168 Å². The van der Waals surface area contributed by atoms with Crippen LogP contribution in [0, 0.1) is 5.92 Å². The average molecular weight is 537 g/mol. The molecule has 0 spiro atoms. The fourth-order valence-electron chi connectivity index (χ4n) is 5.10. The normalized spacial score (nSPS) is 12.7. The Morgan fingerprint density at radius 1 is 0.487 bits per heavy atom. The molecule has 0 nitrogen and oxygen atoms in total. The highest BCUT2D eigenvalue weighted by atomic mass is 14.2. The molecular weight excluding hydrogens is 468 g/mol. The molecule has 224 valence electrons. The number of hydrogen-bond acceptors (Lipinski definition) is 0. The molecule has 1 atom stereocenters. The summed E-state index contributed by atoms with van der Waals surface area (Å²) in [6.45, 7) is 20.0. The molecule has 0 heteroatoms. The summed E-state index contributed by atoms with van der Waals surface area (Å²) >= 11 is 0. The van der Waals surface area contributed by atoms with Crippen molar-refractivity contribution in [2.75, 3.05) is 0 Å². The van der Waals surface area contributed by atoms with Gasteiger partial charge in [-0.25, -0.2) is 0 Å². The van der Waals surface area contributed by atoms with Gasteiger partial charge in [0.1, 0.15) is 0 Å². The lowest BCUT2D eigenvalue weighted by Crippen LogP contribution is -2.04. The predicted molar refractivity (Wildman–Crippen MR) is 182 cm³/mol. The highest BCUT2D eigenvalue weighted by Crippen LogP contribution is 2.27. The van der Waals surface area contributed by atoms with Crippen molar-refractivity contribution in [2.24, 2.45) is 5.92 Å². The van der Waals surface area contributed by atoms with Crippen molar-refractivity contribution in [3.05, 3.63) is 72.9 Å². The van der Waals surface area contributed by atoms with Crippen molar-refractivity contribution < 1.29 is 0 Å². The third-order valence-electron chi connectivity index (χ3n) is 7.79. The average Bonchev–Trinajstić information content (AvgIpc) is 2.92. The highest BCUT2D eigenvalue weighted by Gasteiger charge is 2.11. The lowest BCUT2D eigenvalue weighted by Gasteiger charge is -2.19. The summed E-state index contributed by atoms with van der Waals surface area (Å²) in [6.07, 6.45) is 43.0. The molecule has 0 heterocycles. The van der Waals surface area contributed by atoms with E-state index < -0.39 is 0 Å². The van der Waals surface area contributed by atoms with Gasteiger partial charge in [-0.3, -0.25) is 0 Å². The maximum atomic E-state index is 4.46. The van der Waals surface area contributed by atoms with Crippen LogP contribution >= 0.6 is 0 Å². The Labute approximate surface area is 246 Å². The number of rotatable bonds is 29. The minimum Gasteiger partial charge on any atom is -0.0995 e. The molecule has 0 rings (SSSR count). The van der Waals surface area contributed by atoms with Crippen LogP contribution in [0.15, 0.2) is 72.9 Å². The van der Waals surface area contributed by atoms with Gasteiger partial charge in [-0.15, -0.1) is 0 Å². The Morgan fingerprint density at radius 2 is 0.897 bits per heavy atom. The van der Waals surface area contributed by atoms with Crippen LogP contribution in [-0.2, 0) is 0 Å². The van der Waals surface area contributed by atoms with Gasteiger partial charge in [0.25, 0.3) is 0 Å². The molecular formula is C39H68. The summed E-state index contributed by atoms with van der Waals surface area (Å²) in [5, 5.41) is 0. The zero-order chi connectivity index (χ0) is 28.8. The first-order valence-corrected chi connectivity index (χ1v) is 17.0. The third kappa shape index (κ3) is 27.8. The van der Waals surface area contributed by atoms with Crippen LogP contribution in [0.4, 0.5) is 0 Å². The molecule has 0 N–H and O–H groups in total. The van der Waals surface area contributed by atoms with E-state index in [1.807, 2.05) is 0 Å². The molecule has 0 aliphatic heterocycles. The first-order chi connectivity index (χ1) is 19.0. The van der Waals surface area contributed by atoms with Crippen LogP contribution in [0.5, 0.6) is 0 Å². The van der Waals surface area contributed by atoms with Gasteiger partial charge < -0.3 is 0 Å². The summed E-state index contributed by atoms with van der Waals surface area (Å²) in [5.74, 6) is 0.681. The SMILES string of the molecule is C=C(C/C=C\CC)CCC(CCC(=C)C/C=C\CCCCCCCC)CC(=C)C/C=C\CCCCCCCC. The van der Waals surface area contributed by atoms with Gasteiger partial charge in [-0.2, -0.15) is 0 Å². The molecule has 0 radical (unpaired) electrons. The number of unbranched alkanes of at least 4 members (excludes halogenated alkanes) is 12. The van der Waals surface area contributed by atoms with E-state index in [1.165, 1.54) is 119 Å². The maximum absolute atomic E-state index is 4.46. The van der Waals surface area contributed by atoms with Crippen LogP contribution < -0.4 is 0 Å². The third-order valence-corrected chi connectivity index (χ3v) is 7.79. The van der Waals surface area contributed by atoms with Crippen molar-refractivity contribution in [1.29, 1.82) is 0 Å². The van der Waals surface area contributed by atoms with Crippen molar-refractivity contribution in [3.63, 3.8) is 0 Å². The molecule has 0 amide bonds. The fraction of sp³-hybridized carbons (Fsp3) is 0.692. The van der Waals surface area contributed by atoms with Gasteiger partial charge >= 0.3 is 0 Å². The van der Waals surface area contributed by atoms with Crippen molar-refractivity contribution in [1.82, 2.24) is 0 Å². The summed E-state index contributed by atoms with van der Waals surface area (Å²) in [4.78, 5) is 0. The minimum atomic E-state index is 0.681. The van der Waals surface area contributed by atoms with E-state index in [9.17, 15) is 0 Å². The van der Waals surface area contributed by atoms with E-state index >= 15 is 0 Å². The molecule has 0 aromatic rings. The summed E-state index contributed by atoms with van der Waals surface area (Å²) < 4.78 is 0. The summed E-state index contributed by atoms with van der Waals surface area (Å²) in [6, 6.07) is 0. The molecule has 39 heavy (non-hydrogen) atoms. The minimum absolute atomic E-state index is 0.681. The fourth-order valence-corrected chi connectivity index (χ4v) is 5.10. The molecule has 0 saturated heterocycles. The summed E-state index contributed by atoms with van der Waals surface area (Å²) in [5.41, 5.74) is 4.14. The number of allylic oxidation sites excluding steroid dienone is 9.